The van der Waals surface area contributed by atoms with Crippen LogP contribution in [0, 0.1) is 12.8 Å². The van der Waals surface area contributed by atoms with Gasteiger partial charge < -0.3 is 14.8 Å². The van der Waals surface area contributed by atoms with E-state index in [1.54, 1.807) is 4.90 Å². The molecule has 1 aromatic heterocycles. The number of carbonyl (C=O) groups excluding carboxylic acids is 2. The van der Waals surface area contributed by atoms with Crippen molar-refractivity contribution in [2.75, 3.05) is 6.54 Å². The number of para-hydroxylation sites is 1. The normalized spacial score (nSPS) is 18.5. The Kier molecular flexibility index (Phi) is 5.61. The van der Waals surface area contributed by atoms with Gasteiger partial charge in [-0.1, -0.05) is 61.9 Å². The summed E-state index contributed by atoms with van der Waals surface area (Å²) in [5, 5.41) is 4.11. The lowest BCUT2D eigenvalue weighted by molar-refractivity contribution is -0.133. The second-order valence-electron chi connectivity index (χ2n) is 9.26. The molecule has 5 nitrogen and oxygen atoms in total. The number of benzene rings is 2. The zero-order chi connectivity index (χ0) is 22.2. The zero-order valence-electron chi connectivity index (χ0n) is 18.8. The molecule has 2 amide bonds. The van der Waals surface area contributed by atoms with Gasteiger partial charge in [-0.25, -0.2) is 0 Å². The van der Waals surface area contributed by atoms with Gasteiger partial charge in [-0.15, -0.1) is 0 Å². The average molecular weight is 418 g/mol. The third kappa shape index (κ3) is 3.97. The summed E-state index contributed by atoms with van der Waals surface area (Å²) in [7, 11) is 0. The molecule has 2 aromatic carbocycles. The van der Waals surface area contributed by atoms with E-state index in [0.29, 0.717) is 31.2 Å². The molecule has 1 N–H and O–H groups in total. The lowest BCUT2D eigenvalue weighted by Crippen LogP contribution is -2.63. The molecule has 0 bridgehead atoms. The molecule has 0 fully saturated rings. The summed E-state index contributed by atoms with van der Waals surface area (Å²) in [5.41, 5.74) is 2.84. The Morgan fingerprint density at radius 1 is 1.13 bits per heavy atom. The van der Waals surface area contributed by atoms with Crippen LogP contribution in [0.2, 0.25) is 0 Å². The van der Waals surface area contributed by atoms with Crippen LogP contribution in [0.3, 0.4) is 0 Å². The minimum Gasteiger partial charge on any atom is -0.354 e. The third-order valence-corrected chi connectivity index (χ3v) is 6.29. The van der Waals surface area contributed by atoms with Crippen LogP contribution in [0.1, 0.15) is 48.8 Å². The highest BCUT2D eigenvalue weighted by Gasteiger charge is 2.47. The molecule has 0 unspecified atom stereocenters. The van der Waals surface area contributed by atoms with E-state index in [9.17, 15) is 9.59 Å². The predicted molar refractivity (Wildman–Crippen MR) is 124 cm³/mol. The molecule has 1 atom stereocenters. The van der Waals surface area contributed by atoms with Gasteiger partial charge in [0.05, 0.1) is 6.54 Å². The lowest BCUT2D eigenvalue weighted by Gasteiger charge is -2.44. The van der Waals surface area contributed by atoms with Crippen LogP contribution >= 0.6 is 0 Å². The maximum atomic E-state index is 13.7. The van der Waals surface area contributed by atoms with E-state index in [-0.39, 0.29) is 11.8 Å². The topological polar surface area (TPSA) is 54.3 Å². The molecule has 5 heteroatoms. The molecule has 0 radical (unpaired) electrons. The summed E-state index contributed by atoms with van der Waals surface area (Å²) >= 11 is 0. The lowest BCUT2D eigenvalue weighted by atomic mass is 9.93. The predicted octanol–water partition coefficient (Wildman–Crippen LogP) is 4.53. The van der Waals surface area contributed by atoms with Crippen molar-refractivity contribution in [1.29, 1.82) is 0 Å². The van der Waals surface area contributed by atoms with Gasteiger partial charge in [0.15, 0.2) is 0 Å². The van der Waals surface area contributed by atoms with Gasteiger partial charge in [0.1, 0.15) is 11.2 Å². The zero-order valence-corrected chi connectivity index (χ0v) is 18.8. The van der Waals surface area contributed by atoms with Crippen LogP contribution < -0.4 is 5.32 Å². The van der Waals surface area contributed by atoms with Crippen molar-refractivity contribution in [2.45, 2.75) is 52.7 Å². The van der Waals surface area contributed by atoms with Gasteiger partial charge in [-0.2, -0.15) is 0 Å². The largest absolute Gasteiger partial charge is 0.354 e. The Labute approximate surface area is 184 Å². The summed E-state index contributed by atoms with van der Waals surface area (Å²) in [6, 6.07) is 18.1. The van der Waals surface area contributed by atoms with Gasteiger partial charge in [-0.05, 0) is 43.9 Å². The molecular weight excluding hydrogens is 386 g/mol. The van der Waals surface area contributed by atoms with Crippen molar-refractivity contribution in [3.8, 4) is 0 Å². The maximum absolute atomic E-state index is 13.7. The minimum absolute atomic E-state index is 0.1000. The highest BCUT2D eigenvalue weighted by Crippen LogP contribution is 2.33. The molecule has 1 aliphatic rings. The van der Waals surface area contributed by atoms with Crippen molar-refractivity contribution >= 4 is 22.7 Å². The summed E-state index contributed by atoms with van der Waals surface area (Å²) < 4.78 is 2.01. The summed E-state index contributed by atoms with van der Waals surface area (Å²) in [4.78, 5) is 28.9. The summed E-state index contributed by atoms with van der Waals surface area (Å²) in [5.74, 6) is 0.298. The first-order valence-corrected chi connectivity index (χ1v) is 11.0. The Balaban J connectivity index is 1.73. The molecule has 0 aliphatic carbocycles. The van der Waals surface area contributed by atoms with Crippen LogP contribution in [0.25, 0.3) is 10.9 Å². The van der Waals surface area contributed by atoms with Crippen LogP contribution in [-0.2, 0) is 17.9 Å². The second kappa shape index (κ2) is 8.22. The van der Waals surface area contributed by atoms with Crippen molar-refractivity contribution in [2.24, 2.45) is 5.92 Å². The van der Waals surface area contributed by atoms with E-state index in [1.807, 2.05) is 73.0 Å². The van der Waals surface area contributed by atoms with E-state index in [0.717, 1.165) is 22.9 Å². The molecular formula is C26H31N3O2. The van der Waals surface area contributed by atoms with Crippen molar-refractivity contribution < 1.29 is 9.59 Å². The van der Waals surface area contributed by atoms with Crippen molar-refractivity contribution in [3.05, 3.63) is 71.4 Å². The van der Waals surface area contributed by atoms with Crippen LogP contribution in [0.15, 0.2) is 54.6 Å². The van der Waals surface area contributed by atoms with Gasteiger partial charge in [0.25, 0.3) is 5.91 Å². The number of aromatic nitrogens is 1. The van der Waals surface area contributed by atoms with Gasteiger partial charge in [0, 0.05) is 24.0 Å². The molecule has 0 spiro atoms. The highest BCUT2D eigenvalue weighted by atomic mass is 16.2. The van der Waals surface area contributed by atoms with Crippen molar-refractivity contribution in [1.82, 2.24) is 14.8 Å². The van der Waals surface area contributed by atoms with Crippen LogP contribution in [-0.4, -0.2) is 33.4 Å². The molecule has 31 heavy (non-hydrogen) atoms. The van der Waals surface area contributed by atoms with E-state index >= 15 is 0 Å². The maximum Gasteiger partial charge on any atom is 0.271 e. The smallest absolute Gasteiger partial charge is 0.271 e. The van der Waals surface area contributed by atoms with Crippen LogP contribution in [0.4, 0.5) is 0 Å². The first-order chi connectivity index (χ1) is 14.8. The number of rotatable bonds is 6. The number of hydrogen-bond donors (Lipinski definition) is 1. The Morgan fingerprint density at radius 3 is 2.55 bits per heavy atom. The van der Waals surface area contributed by atoms with E-state index < -0.39 is 5.54 Å². The van der Waals surface area contributed by atoms with Gasteiger partial charge >= 0.3 is 0 Å². The molecule has 3 aromatic rings. The molecule has 162 valence electrons. The third-order valence-electron chi connectivity index (χ3n) is 6.29. The number of nitrogens with zero attached hydrogens (tertiary/aromatic N) is 2. The fourth-order valence-electron chi connectivity index (χ4n) is 4.30. The molecule has 2 heterocycles. The van der Waals surface area contributed by atoms with E-state index in [1.165, 1.54) is 5.56 Å². The quantitative estimate of drug-likeness (QED) is 0.641. The number of hydrogen-bond acceptors (Lipinski definition) is 2. The molecule has 4 rings (SSSR count). The van der Waals surface area contributed by atoms with Gasteiger partial charge in [-0.3, -0.25) is 9.59 Å². The minimum atomic E-state index is -0.978. The standard InChI is InChI=1S/C26H31N3O2/c1-18(2)13-14-27-25(31)26(4)17-28-22-8-6-5-7-21(22)15-23(28)24(30)29(26)16-20-11-9-19(3)10-12-20/h5-12,15,18H,13-14,16-17H2,1-4H3,(H,27,31)/t26-/m0/s1. The Hall–Kier alpha value is -3.08. The fourth-order valence-corrected chi connectivity index (χ4v) is 4.30. The molecule has 0 saturated heterocycles. The highest BCUT2D eigenvalue weighted by molar-refractivity contribution is 6.03. The number of carbonyl (C=O) groups is 2. The number of amides is 2. The second-order valence-corrected chi connectivity index (χ2v) is 9.26. The molecule has 0 saturated carbocycles. The SMILES string of the molecule is Cc1ccc(CN2C(=O)c3cc4ccccc4n3C[C@@]2(C)C(=O)NCCC(C)C)cc1. The average Bonchev–Trinajstić information content (AvgIpc) is 3.10. The summed E-state index contributed by atoms with van der Waals surface area (Å²) in [6.45, 7) is 9.65. The first kappa shape index (κ1) is 21.2. The first-order valence-electron chi connectivity index (χ1n) is 11.0. The Morgan fingerprint density at radius 2 is 1.84 bits per heavy atom. The fraction of sp³-hybridized carbons (Fsp3) is 0.385. The van der Waals surface area contributed by atoms with Crippen LogP contribution in [0.5, 0.6) is 0 Å². The number of fused-ring (bicyclic) bond motifs is 3. The van der Waals surface area contributed by atoms with E-state index in [2.05, 4.69) is 19.2 Å². The van der Waals surface area contributed by atoms with Crippen molar-refractivity contribution in [3.63, 3.8) is 0 Å². The number of aryl methyl sites for hydroxylation is 1. The Bertz CT molecular complexity index is 1110. The van der Waals surface area contributed by atoms with Gasteiger partial charge in [0.2, 0.25) is 5.91 Å². The number of nitrogens with one attached hydrogen (secondary N) is 1. The molecule has 1 aliphatic heterocycles. The summed E-state index contributed by atoms with van der Waals surface area (Å²) in [6.07, 6.45) is 0.908. The van der Waals surface area contributed by atoms with E-state index in [4.69, 9.17) is 0 Å². The monoisotopic (exact) mass is 417 g/mol.